The molecule has 2 heteroatoms. The van der Waals surface area contributed by atoms with Gasteiger partial charge >= 0.3 is 0 Å². The zero-order valence-corrected chi connectivity index (χ0v) is 8.37. The summed E-state index contributed by atoms with van der Waals surface area (Å²) in [6, 6.07) is 0.121. The van der Waals surface area contributed by atoms with Crippen LogP contribution < -0.4 is 5.73 Å². The van der Waals surface area contributed by atoms with Crippen molar-refractivity contribution < 1.29 is 4.79 Å². The highest BCUT2D eigenvalue weighted by atomic mass is 16.1. The number of hydrogen-bond donors (Lipinski definition) is 1. The van der Waals surface area contributed by atoms with Crippen molar-refractivity contribution >= 4 is 6.29 Å². The first-order chi connectivity index (χ1) is 6.34. The van der Waals surface area contributed by atoms with E-state index in [0.717, 1.165) is 19.1 Å². The molecule has 76 valence electrons. The van der Waals surface area contributed by atoms with E-state index in [1.54, 1.807) is 0 Å². The van der Waals surface area contributed by atoms with Gasteiger partial charge in [0.15, 0.2) is 0 Å². The molecule has 1 fully saturated rings. The fourth-order valence-electron chi connectivity index (χ4n) is 2.06. The van der Waals surface area contributed by atoms with Gasteiger partial charge in [0.05, 0.1) is 0 Å². The lowest BCUT2D eigenvalue weighted by atomic mass is 9.90. The maximum atomic E-state index is 10.8. The molecule has 1 aliphatic carbocycles. The molecule has 2 unspecified atom stereocenters. The summed E-state index contributed by atoms with van der Waals surface area (Å²) < 4.78 is 0. The van der Waals surface area contributed by atoms with Gasteiger partial charge in [-0.05, 0) is 12.8 Å². The number of rotatable bonds is 1. The normalized spacial score (nSPS) is 32.4. The van der Waals surface area contributed by atoms with E-state index in [1.165, 1.54) is 38.5 Å². The van der Waals surface area contributed by atoms with Crippen LogP contribution in [-0.2, 0) is 4.79 Å². The largest absolute Gasteiger partial charge is 0.327 e. The molecule has 0 spiro atoms. The van der Waals surface area contributed by atoms with Gasteiger partial charge < -0.3 is 10.5 Å². The van der Waals surface area contributed by atoms with E-state index in [1.807, 2.05) is 0 Å². The molecule has 0 radical (unpaired) electrons. The van der Waals surface area contributed by atoms with Gasteiger partial charge in [0.25, 0.3) is 0 Å². The minimum atomic E-state index is 0.121. The smallest absolute Gasteiger partial charge is 0.124 e. The van der Waals surface area contributed by atoms with Crippen molar-refractivity contribution in [3.05, 3.63) is 0 Å². The molecule has 2 N–H and O–H groups in total. The molecule has 13 heavy (non-hydrogen) atoms. The Kier molecular flexibility index (Phi) is 5.06. The summed E-state index contributed by atoms with van der Waals surface area (Å²) in [4.78, 5) is 10.8. The molecule has 0 aromatic heterocycles. The molecule has 0 heterocycles. The van der Waals surface area contributed by atoms with Gasteiger partial charge in [-0.25, -0.2) is 0 Å². The monoisotopic (exact) mass is 183 g/mol. The molecular formula is C11H21NO. The predicted molar refractivity (Wildman–Crippen MR) is 54.5 cm³/mol. The van der Waals surface area contributed by atoms with Gasteiger partial charge in [0, 0.05) is 12.0 Å². The van der Waals surface area contributed by atoms with Crippen LogP contribution in [-0.4, -0.2) is 12.3 Å². The van der Waals surface area contributed by atoms with Gasteiger partial charge in [0.2, 0.25) is 0 Å². The summed E-state index contributed by atoms with van der Waals surface area (Å²) in [6.07, 6.45) is 10.7. The van der Waals surface area contributed by atoms with Crippen molar-refractivity contribution in [3.63, 3.8) is 0 Å². The van der Waals surface area contributed by atoms with Crippen LogP contribution in [0.25, 0.3) is 0 Å². The lowest BCUT2D eigenvalue weighted by Gasteiger charge is -2.19. The van der Waals surface area contributed by atoms with Crippen LogP contribution in [0.1, 0.15) is 51.4 Å². The molecule has 1 saturated carbocycles. The highest BCUT2D eigenvalue weighted by Gasteiger charge is 2.16. The fraction of sp³-hybridized carbons (Fsp3) is 0.909. The minimum Gasteiger partial charge on any atom is -0.327 e. The summed E-state index contributed by atoms with van der Waals surface area (Å²) >= 11 is 0. The molecule has 2 atom stereocenters. The molecule has 2 nitrogen and oxygen atoms in total. The second kappa shape index (κ2) is 6.14. The van der Waals surface area contributed by atoms with E-state index in [9.17, 15) is 4.79 Å². The standard InChI is InChI=1S/C11H21NO/c12-11-8-6-4-2-1-3-5-7-10(11)9-13/h9-11H,1-8,12H2. The Labute approximate surface area is 80.9 Å². The Bertz CT molecular complexity index is 147. The number of nitrogens with two attached hydrogens (primary N) is 1. The SMILES string of the molecule is NC1CCCCCCCCC1C=O. The fourth-order valence-corrected chi connectivity index (χ4v) is 2.06. The van der Waals surface area contributed by atoms with Gasteiger partial charge in [0.1, 0.15) is 6.29 Å². The van der Waals surface area contributed by atoms with E-state index in [0.29, 0.717) is 0 Å². The maximum Gasteiger partial charge on any atom is 0.124 e. The van der Waals surface area contributed by atoms with E-state index in [4.69, 9.17) is 5.73 Å². The second-order valence-corrected chi connectivity index (χ2v) is 4.16. The van der Waals surface area contributed by atoms with E-state index in [2.05, 4.69) is 0 Å². The van der Waals surface area contributed by atoms with Crippen molar-refractivity contribution in [1.29, 1.82) is 0 Å². The number of carbonyl (C=O) groups excluding carboxylic acids is 1. The summed E-state index contributed by atoms with van der Waals surface area (Å²) in [6.45, 7) is 0. The average Bonchev–Trinajstić information content (AvgIpc) is 2.16. The van der Waals surface area contributed by atoms with Crippen molar-refractivity contribution in [2.45, 2.75) is 57.4 Å². The zero-order valence-electron chi connectivity index (χ0n) is 8.37. The Hall–Kier alpha value is -0.370. The third kappa shape index (κ3) is 3.90. The first-order valence-electron chi connectivity index (χ1n) is 5.55. The molecule has 0 amide bonds. The zero-order chi connectivity index (χ0) is 9.52. The molecule has 0 aromatic rings. The predicted octanol–water partition coefficient (Wildman–Crippen LogP) is 2.26. The van der Waals surface area contributed by atoms with Gasteiger partial charge in [-0.1, -0.05) is 38.5 Å². The molecular weight excluding hydrogens is 162 g/mol. The summed E-state index contributed by atoms with van der Waals surface area (Å²) in [5, 5.41) is 0. The second-order valence-electron chi connectivity index (χ2n) is 4.16. The van der Waals surface area contributed by atoms with Crippen molar-refractivity contribution in [1.82, 2.24) is 0 Å². The number of carbonyl (C=O) groups is 1. The lowest BCUT2D eigenvalue weighted by molar-refractivity contribution is -0.111. The van der Waals surface area contributed by atoms with Crippen molar-refractivity contribution in [2.75, 3.05) is 0 Å². The van der Waals surface area contributed by atoms with Crippen LogP contribution in [0.15, 0.2) is 0 Å². The summed E-state index contributed by atoms with van der Waals surface area (Å²) in [5.74, 6) is 0.123. The van der Waals surface area contributed by atoms with Gasteiger partial charge in [-0.3, -0.25) is 0 Å². The third-order valence-corrected chi connectivity index (χ3v) is 3.05. The van der Waals surface area contributed by atoms with Crippen LogP contribution in [0.5, 0.6) is 0 Å². The molecule has 1 rings (SSSR count). The van der Waals surface area contributed by atoms with Crippen LogP contribution in [0, 0.1) is 5.92 Å². The molecule has 1 aliphatic rings. The highest BCUT2D eigenvalue weighted by molar-refractivity contribution is 5.54. The topological polar surface area (TPSA) is 43.1 Å². The van der Waals surface area contributed by atoms with Gasteiger partial charge in [-0.15, -0.1) is 0 Å². The van der Waals surface area contributed by atoms with Gasteiger partial charge in [-0.2, -0.15) is 0 Å². The van der Waals surface area contributed by atoms with E-state index < -0.39 is 0 Å². The number of hydrogen-bond acceptors (Lipinski definition) is 2. The summed E-state index contributed by atoms with van der Waals surface area (Å²) in [5.41, 5.74) is 5.95. The summed E-state index contributed by atoms with van der Waals surface area (Å²) in [7, 11) is 0. The highest BCUT2D eigenvalue weighted by Crippen LogP contribution is 2.19. The van der Waals surface area contributed by atoms with Crippen LogP contribution in [0.2, 0.25) is 0 Å². The minimum absolute atomic E-state index is 0.121. The molecule has 0 bridgehead atoms. The van der Waals surface area contributed by atoms with E-state index >= 15 is 0 Å². The maximum absolute atomic E-state index is 10.8. The first-order valence-corrected chi connectivity index (χ1v) is 5.55. The lowest BCUT2D eigenvalue weighted by Crippen LogP contribution is -2.31. The quantitative estimate of drug-likeness (QED) is 0.634. The Morgan fingerprint density at radius 3 is 2.08 bits per heavy atom. The molecule has 0 aliphatic heterocycles. The van der Waals surface area contributed by atoms with Crippen LogP contribution in [0.3, 0.4) is 0 Å². The number of aldehydes is 1. The average molecular weight is 183 g/mol. The Balaban J connectivity index is 2.36. The first kappa shape index (κ1) is 10.7. The molecule has 0 saturated heterocycles. The van der Waals surface area contributed by atoms with Crippen LogP contribution >= 0.6 is 0 Å². The Morgan fingerprint density at radius 1 is 0.923 bits per heavy atom. The third-order valence-electron chi connectivity index (χ3n) is 3.05. The van der Waals surface area contributed by atoms with Crippen molar-refractivity contribution in [3.8, 4) is 0 Å². The Morgan fingerprint density at radius 2 is 1.46 bits per heavy atom. The van der Waals surface area contributed by atoms with Crippen LogP contribution in [0.4, 0.5) is 0 Å². The van der Waals surface area contributed by atoms with E-state index in [-0.39, 0.29) is 12.0 Å². The van der Waals surface area contributed by atoms with Crippen molar-refractivity contribution in [2.24, 2.45) is 11.7 Å². The molecule has 0 aromatic carbocycles.